The van der Waals surface area contributed by atoms with Gasteiger partial charge in [-0.25, -0.2) is 23.9 Å². The maximum Gasteiger partial charge on any atom is 0.386 e. The zero-order valence-corrected chi connectivity index (χ0v) is 26.4. The normalized spacial score (nSPS) is 43.9. The summed E-state index contributed by atoms with van der Waals surface area (Å²) in [5.74, 6) is -1.02. The number of thiol groups is 1. The van der Waals surface area contributed by atoms with Gasteiger partial charge in [0.15, 0.2) is 42.0 Å². The smallest absolute Gasteiger partial charge is 0.382 e. The second kappa shape index (κ2) is 10.7. The first kappa shape index (κ1) is 30.8. The Balaban J connectivity index is 1.11. The molecule has 11 atom stereocenters. The number of nitrogen functional groups attached to an aromatic ring is 1. The van der Waals surface area contributed by atoms with Gasteiger partial charge in [0, 0.05) is 0 Å². The Bertz CT molecular complexity index is 1820. The quantitative estimate of drug-likeness (QED) is 0.192. The van der Waals surface area contributed by atoms with Crippen molar-refractivity contribution in [2.75, 3.05) is 25.6 Å². The number of guanidine groups is 1. The molecule has 0 radical (unpaired) electrons. The Labute approximate surface area is 267 Å². The second-order valence-corrected chi connectivity index (χ2v) is 16.6. The van der Waals surface area contributed by atoms with Crippen LogP contribution in [0.2, 0.25) is 0 Å². The molecule has 246 valence electrons. The number of carbonyl (C=O) groups is 1. The van der Waals surface area contributed by atoms with E-state index in [0.717, 1.165) is 6.34 Å². The zero-order chi connectivity index (χ0) is 32.2. The average Bonchev–Trinajstić information content (AvgIpc) is 3.80. The van der Waals surface area contributed by atoms with Gasteiger partial charge < -0.3 is 29.4 Å². The van der Waals surface area contributed by atoms with Crippen LogP contribution in [0.5, 0.6) is 0 Å². The molecule has 0 aromatic carbocycles. The number of nitrogens with zero attached hydrogens (tertiary/aromatic N) is 7. The number of rotatable bonds is 2. The number of amidine groups is 1. The predicted octanol–water partition coefficient (Wildman–Crippen LogP) is -0.615. The van der Waals surface area contributed by atoms with Crippen LogP contribution < -0.4 is 11.1 Å². The summed E-state index contributed by atoms with van der Waals surface area (Å²) >= 11 is 9.41. The van der Waals surface area contributed by atoms with E-state index in [-0.39, 0.29) is 18.3 Å². The molecule has 6 aliphatic rings. The number of anilines is 1. The Morgan fingerprint density at radius 3 is 2.87 bits per heavy atom. The molecule has 8 rings (SSSR count). The third-order valence-corrected chi connectivity index (χ3v) is 11.3. The molecule has 1 amide bonds. The Morgan fingerprint density at radius 2 is 2.04 bits per heavy atom. The Morgan fingerprint density at radius 1 is 1.22 bits per heavy atom. The molecule has 4 saturated heterocycles. The number of aromatic nitrogens is 4. The molecule has 0 spiro atoms. The lowest BCUT2D eigenvalue weighted by atomic mass is 10.0. The van der Waals surface area contributed by atoms with E-state index >= 15 is 4.39 Å². The number of fused-ring (bicyclic) bond motifs is 4. The van der Waals surface area contributed by atoms with Crippen LogP contribution in [0.15, 0.2) is 22.6 Å². The van der Waals surface area contributed by atoms with Crippen LogP contribution in [0, 0.1) is 5.41 Å². The summed E-state index contributed by atoms with van der Waals surface area (Å²) in [7, 11) is 0. The van der Waals surface area contributed by atoms with E-state index in [1.807, 2.05) is 0 Å². The minimum absolute atomic E-state index is 0.0481. The molecule has 0 aliphatic carbocycles. The van der Waals surface area contributed by atoms with Gasteiger partial charge >= 0.3 is 13.5 Å². The fourth-order valence-corrected chi connectivity index (χ4v) is 8.97. The highest BCUT2D eigenvalue weighted by atomic mass is 32.7. The number of amides is 1. The number of hydrogen-bond acceptors (Lipinski definition) is 17. The molecule has 2 aromatic heterocycles. The molecule has 46 heavy (non-hydrogen) atoms. The standard InChI is InChI=1S/C21H23FN10O10P2S2/c22-8-7-1-37-43(34,45)42-13-12-19(31-5-27-9-14(23)25-4-26-15(9)31)40-21(13,2-36-12)3-38-44(35,46)41-11(8)18(39-7)32-6-28-10-16(32)29-20(24)30-17(10)33/h4-8,10-13,18-19H,1-3H2,(H,34,45)(H,35,46)(H2,23,25,26)(H2,24,30,33)/t7-,8-,10?,11-,12-,13+,18-,19-,21?,43?,44?/m1/s1. The summed E-state index contributed by atoms with van der Waals surface area (Å²) in [4.78, 5) is 45.2. The molecular formula is C21H23FN10O10P2S2. The van der Waals surface area contributed by atoms with E-state index in [0.29, 0.717) is 11.2 Å². The maximum atomic E-state index is 16.0. The van der Waals surface area contributed by atoms with Gasteiger partial charge in [0.05, 0.1) is 32.5 Å². The van der Waals surface area contributed by atoms with E-state index in [1.54, 1.807) is 0 Å². The summed E-state index contributed by atoms with van der Waals surface area (Å²) in [6, 6.07) is -1.14. The molecule has 20 nitrogen and oxygen atoms in total. The van der Waals surface area contributed by atoms with Crippen molar-refractivity contribution >= 4 is 78.6 Å². The number of imidazole rings is 1. The summed E-state index contributed by atoms with van der Waals surface area (Å²) in [6.07, 6.45) is -5.81. The van der Waals surface area contributed by atoms with Crippen LogP contribution in [0.1, 0.15) is 6.23 Å². The van der Waals surface area contributed by atoms with Gasteiger partial charge in [-0.15, -0.1) is 0 Å². The summed E-state index contributed by atoms with van der Waals surface area (Å²) in [6.45, 7) is -9.94. The van der Waals surface area contributed by atoms with Crippen molar-refractivity contribution in [3.63, 3.8) is 0 Å². The van der Waals surface area contributed by atoms with Gasteiger partial charge in [-0.05, 0) is 11.8 Å². The average molecular weight is 721 g/mol. The van der Waals surface area contributed by atoms with E-state index in [1.165, 1.54) is 22.1 Å². The van der Waals surface area contributed by atoms with Crippen molar-refractivity contribution in [1.82, 2.24) is 29.7 Å². The number of nitrogens with two attached hydrogens (primary N) is 1. The van der Waals surface area contributed by atoms with Gasteiger partial charge in [0.1, 0.15) is 41.9 Å². The maximum absolute atomic E-state index is 16.0. The summed E-state index contributed by atoms with van der Waals surface area (Å²) < 4.78 is 72.2. The minimum Gasteiger partial charge on any atom is -0.382 e. The molecular weight excluding hydrogens is 697 g/mol. The van der Waals surface area contributed by atoms with Crippen molar-refractivity contribution in [3.8, 4) is 0 Å². The van der Waals surface area contributed by atoms with E-state index in [4.69, 9.17) is 55.3 Å². The van der Waals surface area contributed by atoms with E-state index < -0.39 is 93.3 Å². The highest BCUT2D eigenvalue weighted by molar-refractivity contribution is 8.44. The van der Waals surface area contributed by atoms with Crippen molar-refractivity contribution in [1.29, 1.82) is 5.41 Å². The number of aliphatic imine (C=N–C) groups is 2. The number of hydrogen-bond donors (Lipinski definition) is 5. The molecule has 5 N–H and O–H groups in total. The molecule has 25 heteroatoms. The van der Waals surface area contributed by atoms with Crippen LogP contribution in [0.4, 0.5) is 10.2 Å². The summed E-state index contributed by atoms with van der Waals surface area (Å²) in [5.41, 5.74) is 5.02. The lowest BCUT2D eigenvalue weighted by Crippen LogP contribution is -2.53. The van der Waals surface area contributed by atoms with Crippen molar-refractivity contribution in [2.24, 2.45) is 9.98 Å². The second-order valence-electron chi connectivity index (χ2n) is 10.9. The number of nitrogens with one attached hydrogen (secondary N) is 2. The third kappa shape index (κ3) is 4.92. The lowest BCUT2D eigenvalue weighted by Gasteiger charge is -2.34. The summed E-state index contributed by atoms with van der Waals surface area (Å²) in [5, 5.41) is 10.0. The number of halogens is 1. The number of carbonyl (C=O) groups excluding carboxylic acids is 1. The highest BCUT2D eigenvalue weighted by Gasteiger charge is 2.66. The SMILES string of the molecule is N=C1N=C2C(N=CN2[C@@H]2O[C@@H]3COP(O)(=S)O[C@H]4[C@H]5OCC4(COP(=O)(S)O[C@@H]2[C@@H]3F)O[C@H]5n2cnc3c(N)ncnc32)C(=O)N1. The largest absolute Gasteiger partial charge is 0.386 e. The monoisotopic (exact) mass is 720 g/mol. The van der Waals surface area contributed by atoms with Crippen LogP contribution in [-0.4, -0.2) is 122 Å². The molecule has 6 aliphatic heterocycles. The van der Waals surface area contributed by atoms with Gasteiger partial charge in [-0.2, -0.15) is 4.99 Å². The molecule has 0 saturated carbocycles. The fraction of sp³-hybridized carbons (Fsp3) is 0.571. The van der Waals surface area contributed by atoms with Crippen LogP contribution >= 0.6 is 25.8 Å². The topological polar surface area (TPSA) is 252 Å². The number of alkyl halides is 1. The molecule has 4 fully saturated rings. The van der Waals surface area contributed by atoms with Crippen LogP contribution in [0.25, 0.3) is 11.2 Å². The first-order valence-electron chi connectivity index (χ1n) is 13.5. The van der Waals surface area contributed by atoms with Gasteiger partial charge in [0.25, 0.3) is 5.91 Å². The minimum atomic E-state index is -4.44. The first-order chi connectivity index (χ1) is 21.8. The molecule has 4 bridgehead atoms. The zero-order valence-electron chi connectivity index (χ0n) is 22.9. The van der Waals surface area contributed by atoms with Crippen molar-refractivity contribution < 1.29 is 50.9 Å². The van der Waals surface area contributed by atoms with Crippen LogP contribution in [0.3, 0.4) is 0 Å². The van der Waals surface area contributed by atoms with E-state index in [2.05, 4.69) is 42.5 Å². The molecule has 2 aromatic rings. The Hall–Kier alpha value is -2.53. The fourth-order valence-electron chi connectivity index (χ4n) is 6.05. The van der Waals surface area contributed by atoms with Gasteiger partial charge in [-0.1, -0.05) is 12.2 Å². The predicted molar refractivity (Wildman–Crippen MR) is 158 cm³/mol. The Kier molecular flexibility index (Phi) is 7.19. The third-order valence-electron chi connectivity index (χ3n) is 8.11. The van der Waals surface area contributed by atoms with E-state index in [9.17, 15) is 14.3 Å². The molecule has 4 unspecified atom stereocenters. The van der Waals surface area contributed by atoms with Crippen LogP contribution in [-0.2, 0) is 53.5 Å². The highest BCUT2D eigenvalue weighted by Crippen LogP contribution is 2.60. The van der Waals surface area contributed by atoms with Crippen molar-refractivity contribution in [2.45, 2.75) is 54.7 Å². The molecule has 8 heterocycles. The lowest BCUT2D eigenvalue weighted by molar-refractivity contribution is -0.182. The van der Waals surface area contributed by atoms with Gasteiger partial charge in [0.2, 0.25) is 5.96 Å². The van der Waals surface area contributed by atoms with Crippen molar-refractivity contribution in [3.05, 3.63) is 12.7 Å². The van der Waals surface area contributed by atoms with Gasteiger partial charge in [-0.3, -0.25) is 43.6 Å². The number of ether oxygens (including phenoxy) is 3. The first-order valence-corrected chi connectivity index (χ1v) is 18.8.